The number of rotatable bonds is 3. The van der Waals surface area contributed by atoms with Gasteiger partial charge in [-0.05, 0) is 37.8 Å². The third-order valence-electron chi connectivity index (χ3n) is 3.41. The van der Waals surface area contributed by atoms with Gasteiger partial charge in [0.15, 0.2) is 0 Å². The van der Waals surface area contributed by atoms with Crippen molar-refractivity contribution in [3.63, 3.8) is 0 Å². The Labute approximate surface area is 110 Å². The van der Waals surface area contributed by atoms with Crippen LogP contribution >= 0.6 is 11.3 Å². The maximum atomic E-state index is 12.2. The number of hydrogen-bond acceptors (Lipinski definition) is 3. The second-order valence-corrected chi connectivity index (χ2v) is 6.11. The molecule has 1 aliphatic heterocycles. The molecule has 4 nitrogen and oxygen atoms in total. The first-order chi connectivity index (χ1) is 8.47. The minimum atomic E-state index is -0.780. The fourth-order valence-electron chi connectivity index (χ4n) is 2.27. The summed E-state index contributed by atoms with van der Waals surface area (Å²) in [5.74, 6) is -0.630. The minimum Gasteiger partial charge on any atom is -0.481 e. The Bertz CT molecular complexity index is 461. The molecule has 0 aliphatic carbocycles. The minimum absolute atomic E-state index is 0.0455. The highest BCUT2D eigenvalue weighted by molar-refractivity contribution is 7.14. The summed E-state index contributed by atoms with van der Waals surface area (Å²) >= 11 is 1.52. The number of aryl methyl sites for hydroxylation is 2. The maximum Gasteiger partial charge on any atom is 0.303 e. The highest BCUT2D eigenvalue weighted by atomic mass is 32.1. The maximum absolute atomic E-state index is 12.2. The SMILES string of the molecule is Cc1cc(C(=O)N2CCC(CC(=O)O)C2)sc1C. The molecular weight excluding hydrogens is 250 g/mol. The van der Waals surface area contributed by atoms with Crippen molar-refractivity contribution in [3.8, 4) is 0 Å². The molecule has 2 heterocycles. The van der Waals surface area contributed by atoms with Gasteiger partial charge in [0.25, 0.3) is 5.91 Å². The van der Waals surface area contributed by atoms with E-state index in [1.807, 2.05) is 19.9 Å². The van der Waals surface area contributed by atoms with Gasteiger partial charge in [-0.2, -0.15) is 0 Å². The number of likely N-dealkylation sites (tertiary alicyclic amines) is 1. The summed E-state index contributed by atoms with van der Waals surface area (Å²) < 4.78 is 0. The molecule has 0 saturated carbocycles. The lowest BCUT2D eigenvalue weighted by molar-refractivity contribution is -0.138. The third-order valence-corrected chi connectivity index (χ3v) is 4.55. The highest BCUT2D eigenvalue weighted by Crippen LogP contribution is 2.26. The van der Waals surface area contributed by atoms with Crippen molar-refractivity contribution < 1.29 is 14.7 Å². The Morgan fingerprint density at radius 2 is 2.22 bits per heavy atom. The van der Waals surface area contributed by atoms with Gasteiger partial charge >= 0.3 is 5.97 Å². The zero-order valence-corrected chi connectivity index (χ0v) is 11.4. The van der Waals surface area contributed by atoms with Crippen LogP contribution in [0, 0.1) is 19.8 Å². The van der Waals surface area contributed by atoms with Crippen LogP contribution in [-0.4, -0.2) is 35.0 Å². The van der Waals surface area contributed by atoms with Crippen LogP contribution in [0.15, 0.2) is 6.07 Å². The van der Waals surface area contributed by atoms with Crippen LogP contribution in [0.3, 0.4) is 0 Å². The molecule has 98 valence electrons. The Morgan fingerprint density at radius 3 is 2.78 bits per heavy atom. The summed E-state index contributed by atoms with van der Waals surface area (Å²) in [6.45, 7) is 5.25. The molecule has 0 aromatic carbocycles. The average molecular weight is 267 g/mol. The predicted molar refractivity (Wildman–Crippen MR) is 70.1 cm³/mol. The van der Waals surface area contributed by atoms with Crippen molar-refractivity contribution >= 4 is 23.2 Å². The van der Waals surface area contributed by atoms with Crippen molar-refractivity contribution in [3.05, 3.63) is 21.4 Å². The van der Waals surface area contributed by atoms with Crippen molar-refractivity contribution in [2.24, 2.45) is 5.92 Å². The molecule has 1 saturated heterocycles. The monoisotopic (exact) mass is 267 g/mol. The number of aliphatic carboxylic acids is 1. The fraction of sp³-hybridized carbons (Fsp3) is 0.538. The third kappa shape index (κ3) is 2.72. The summed E-state index contributed by atoms with van der Waals surface area (Å²) in [7, 11) is 0. The van der Waals surface area contributed by atoms with Crippen LogP contribution in [0.2, 0.25) is 0 Å². The molecule has 2 rings (SSSR count). The second-order valence-electron chi connectivity index (χ2n) is 4.85. The van der Waals surface area contributed by atoms with E-state index in [0.29, 0.717) is 13.1 Å². The molecule has 5 heteroatoms. The Kier molecular flexibility index (Phi) is 3.71. The molecule has 1 unspecified atom stereocenters. The molecule has 1 N–H and O–H groups in total. The van der Waals surface area contributed by atoms with E-state index in [1.54, 1.807) is 4.90 Å². The molecule has 1 atom stereocenters. The normalized spacial score (nSPS) is 19.2. The summed E-state index contributed by atoms with van der Waals surface area (Å²) in [4.78, 5) is 26.6. The molecule has 1 amide bonds. The Morgan fingerprint density at radius 1 is 1.50 bits per heavy atom. The van der Waals surface area contributed by atoms with Gasteiger partial charge in [0, 0.05) is 24.4 Å². The zero-order valence-electron chi connectivity index (χ0n) is 10.6. The molecule has 18 heavy (non-hydrogen) atoms. The van der Waals surface area contributed by atoms with E-state index in [9.17, 15) is 9.59 Å². The van der Waals surface area contributed by atoms with Crippen molar-refractivity contribution in [2.45, 2.75) is 26.7 Å². The van der Waals surface area contributed by atoms with Crippen LogP contribution in [0.1, 0.15) is 33.0 Å². The van der Waals surface area contributed by atoms with E-state index in [-0.39, 0.29) is 18.2 Å². The summed E-state index contributed by atoms with van der Waals surface area (Å²) in [5.41, 5.74) is 1.14. The van der Waals surface area contributed by atoms with Gasteiger partial charge in [0.05, 0.1) is 4.88 Å². The number of hydrogen-bond donors (Lipinski definition) is 1. The van der Waals surface area contributed by atoms with Crippen LogP contribution < -0.4 is 0 Å². The van der Waals surface area contributed by atoms with Crippen molar-refractivity contribution in [2.75, 3.05) is 13.1 Å². The number of thiophene rings is 1. The first-order valence-corrected chi connectivity index (χ1v) is 6.87. The van der Waals surface area contributed by atoms with E-state index in [1.165, 1.54) is 16.2 Å². The molecule has 1 aliphatic rings. The molecule has 0 spiro atoms. The fourth-order valence-corrected chi connectivity index (χ4v) is 3.27. The van der Waals surface area contributed by atoms with E-state index < -0.39 is 5.97 Å². The number of carboxylic acids is 1. The number of amides is 1. The standard InChI is InChI=1S/C13H17NO3S/c1-8-5-11(18-9(8)2)13(17)14-4-3-10(7-14)6-12(15)16/h5,10H,3-4,6-7H2,1-2H3,(H,15,16). The number of nitrogens with zero attached hydrogens (tertiary/aromatic N) is 1. The summed E-state index contributed by atoms with van der Waals surface area (Å²) in [6.07, 6.45) is 0.952. The van der Waals surface area contributed by atoms with Crippen LogP contribution in [0.5, 0.6) is 0 Å². The number of carbonyl (C=O) groups excluding carboxylic acids is 1. The van der Waals surface area contributed by atoms with Gasteiger partial charge in [-0.25, -0.2) is 0 Å². The zero-order chi connectivity index (χ0) is 13.3. The average Bonchev–Trinajstić information content (AvgIpc) is 2.85. The number of carbonyl (C=O) groups is 2. The first-order valence-electron chi connectivity index (χ1n) is 6.05. The Balaban J connectivity index is 2.01. The van der Waals surface area contributed by atoms with E-state index in [0.717, 1.165) is 16.9 Å². The topological polar surface area (TPSA) is 57.6 Å². The van der Waals surface area contributed by atoms with E-state index in [4.69, 9.17) is 5.11 Å². The highest BCUT2D eigenvalue weighted by Gasteiger charge is 2.29. The van der Waals surface area contributed by atoms with Gasteiger partial charge < -0.3 is 10.0 Å². The van der Waals surface area contributed by atoms with Gasteiger partial charge in [0.1, 0.15) is 0 Å². The van der Waals surface area contributed by atoms with E-state index >= 15 is 0 Å². The van der Waals surface area contributed by atoms with Gasteiger partial charge in [-0.1, -0.05) is 0 Å². The van der Waals surface area contributed by atoms with Crippen LogP contribution in [0.4, 0.5) is 0 Å². The van der Waals surface area contributed by atoms with Crippen molar-refractivity contribution in [1.82, 2.24) is 4.90 Å². The summed E-state index contributed by atoms with van der Waals surface area (Å²) in [6, 6.07) is 1.92. The predicted octanol–water partition coefficient (Wildman–Crippen LogP) is 2.30. The first kappa shape index (κ1) is 13.1. The quantitative estimate of drug-likeness (QED) is 0.914. The van der Waals surface area contributed by atoms with E-state index in [2.05, 4.69) is 0 Å². The second kappa shape index (κ2) is 5.10. The largest absolute Gasteiger partial charge is 0.481 e. The molecule has 0 bridgehead atoms. The van der Waals surface area contributed by atoms with Crippen LogP contribution in [0.25, 0.3) is 0 Å². The van der Waals surface area contributed by atoms with Gasteiger partial charge in [-0.15, -0.1) is 11.3 Å². The summed E-state index contributed by atoms with van der Waals surface area (Å²) in [5, 5.41) is 8.75. The Hall–Kier alpha value is -1.36. The molecule has 0 radical (unpaired) electrons. The molecule has 1 aromatic heterocycles. The molecular formula is C13H17NO3S. The van der Waals surface area contributed by atoms with Gasteiger partial charge in [-0.3, -0.25) is 9.59 Å². The van der Waals surface area contributed by atoms with Crippen LogP contribution in [-0.2, 0) is 4.79 Å². The van der Waals surface area contributed by atoms with Gasteiger partial charge in [0.2, 0.25) is 0 Å². The van der Waals surface area contributed by atoms with Crippen molar-refractivity contribution in [1.29, 1.82) is 0 Å². The number of carboxylic acid groups (broad SMARTS) is 1. The molecule has 1 fully saturated rings. The lowest BCUT2D eigenvalue weighted by Crippen LogP contribution is -2.28. The smallest absolute Gasteiger partial charge is 0.303 e. The molecule has 1 aromatic rings. The lowest BCUT2D eigenvalue weighted by atomic mass is 10.1. The lowest BCUT2D eigenvalue weighted by Gasteiger charge is -2.14.